The van der Waals surface area contributed by atoms with E-state index >= 15 is 0 Å². The maximum Gasteiger partial charge on any atom is 0.321 e. The molecular weight excluding hydrogens is 322 g/mol. The zero-order chi connectivity index (χ0) is 18.2. The fourth-order valence-corrected chi connectivity index (χ4v) is 2.91. The lowest BCUT2D eigenvalue weighted by molar-refractivity contribution is -0.146. The molecule has 1 unspecified atom stereocenters. The monoisotopic (exact) mass is 343 g/mol. The second-order valence-corrected chi connectivity index (χ2v) is 6.68. The van der Waals surface area contributed by atoms with Crippen LogP contribution in [-0.4, -0.2) is 49.9 Å². The number of likely N-dealkylation sites (tertiary alicyclic amines) is 1. The molecule has 2 N–H and O–H groups in total. The zero-order valence-corrected chi connectivity index (χ0v) is 14.5. The lowest BCUT2D eigenvalue weighted by Crippen LogP contribution is -2.37. The third-order valence-electron chi connectivity index (χ3n) is 4.74. The summed E-state index contributed by atoms with van der Waals surface area (Å²) >= 11 is 0. The predicted octanol–water partition coefficient (Wildman–Crippen LogP) is 2.12. The van der Waals surface area contributed by atoms with Gasteiger partial charge in [0, 0.05) is 31.4 Å². The molecule has 0 bridgehead atoms. The van der Waals surface area contributed by atoms with E-state index in [1.54, 1.807) is 13.0 Å². The second-order valence-electron chi connectivity index (χ2n) is 6.68. The van der Waals surface area contributed by atoms with Crippen LogP contribution in [0.3, 0.4) is 0 Å². The highest BCUT2D eigenvalue weighted by Crippen LogP contribution is 2.30. The summed E-state index contributed by atoms with van der Waals surface area (Å²) in [6.45, 7) is 4.17. The van der Waals surface area contributed by atoms with E-state index in [1.165, 1.54) is 4.90 Å². The van der Waals surface area contributed by atoms with Gasteiger partial charge in [-0.1, -0.05) is 12.1 Å². The van der Waals surface area contributed by atoms with Crippen molar-refractivity contribution >= 4 is 17.7 Å². The van der Waals surface area contributed by atoms with Gasteiger partial charge in [-0.3, -0.25) is 4.79 Å². The molecule has 2 heterocycles. The standard InChI is InChI=1S/C17H21N5O3/c1-11-19-20-14(21(11)3)12-5-4-6-13(9-12)18-16(25)22-8-7-17(2,10-22)15(23)24/h4-6,9H,7-8,10H2,1-3H3,(H,18,25)(H,23,24). The van der Waals surface area contributed by atoms with Gasteiger partial charge in [0.05, 0.1) is 5.41 Å². The largest absolute Gasteiger partial charge is 0.481 e. The van der Waals surface area contributed by atoms with Crippen molar-refractivity contribution in [1.82, 2.24) is 19.7 Å². The fraction of sp³-hybridized carbons (Fsp3) is 0.412. The second kappa shape index (κ2) is 6.19. The van der Waals surface area contributed by atoms with Crippen LogP contribution in [-0.2, 0) is 11.8 Å². The average molecular weight is 343 g/mol. The van der Waals surface area contributed by atoms with Crippen molar-refractivity contribution in [3.8, 4) is 11.4 Å². The number of amides is 2. The summed E-state index contributed by atoms with van der Waals surface area (Å²) < 4.78 is 1.87. The fourth-order valence-electron chi connectivity index (χ4n) is 2.91. The van der Waals surface area contributed by atoms with Crippen molar-refractivity contribution < 1.29 is 14.7 Å². The van der Waals surface area contributed by atoms with Gasteiger partial charge >= 0.3 is 12.0 Å². The van der Waals surface area contributed by atoms with Crippen molar-refractivity contribution in [2.24, 2.45) is 12.5 Å². The lowest BCUT2D eigenvalue weighted by Gasteiger charge is -2.20. The molecule has 1 aliphatic heterocycles. The molecule has 1 fully saturated rings. The molecule has 1 aromatic carbocycles. The van der Waals surface area contributed by atoms with E-state index in [0.717, 1.165) is 11.4 Å². The van der Waals surface area contributed by atoms with Crippen LogP contribution >= 0.6 is 0 Å². The number of anilines is 1. The highest BCUT2D eigenvalue weighted by atomic mass is 16.4. The van der Waals surface area contributed by atoms with E-state index in [9.17, 15) is 14.7 Å². The molecule has 1 saturated heterocycles. The van der Waals surface area contributed by atoms with Crippen LogP contribution in [0.2, 0.25) is 0 Å². The molecule has 0 aliphatic carbocycles. The van der Waals surface area contributed by atoms with Crippen molar-refractivity contribution in [3.05, 3.63) is 30.1 Å². The Balaban J connectivity index is 1.74. The highest BCUT2D eigenvalue weighted by molar-refractivity contribution is 5.91. The number of hydrogen-bond acceptors (Lipinski definition) is 4. The van der Waals surface area contributed by atoms with Crippen molar-refractivity contribution in [2.75, 3.05) is 18.4 Å². The van der Waals surface area contributed by atoms with Crippen molar-refractivity contribution in [2.45, 2.75) is 20.3 Å². The van der Waals surface area contributed by atoms with Crippen LogP contribution in [0.15, 0.2) is 24.3 Å². The number of carbonyl (C=O) groups excluding carboxylic acids is 1. The Kier molecular flexibility index (Phi) is 4.20. The number of aromatic nitrogens is 3. The number of urea groups is 1. The quantitative estimate of drug-likeness (QED) is 0.889. The molecule has 1 atom stereocenters. The topological polar surface area (TPSA) is 100 Å². The summed E-state index contributed by atoms with van der Waals surface area (Å²) in [5.74, 6) is 0.644. The summed E-state index contributed by atoms with van der Waals surface area (Å²) in [7, 11) is 1.88. The number of benzene rings is 1. The Labute approximate surface area is 145 Å². The van der Waals surface area contributed by atoms with Crippen LogP contribution in [0.4, 0.5) is 10.5 Å². The molecule has 8 heteroatoms. The molecule has 0 spiro atoms. The number of carboxylic acids is 1. The molecule has 25 heavy (non-hydrogen) atoms. The third-order valence-corrected chi connectivity index (χ3v) is 4.74. The van der Waals surface area contributed by atoms with Crippen LogP contribution in [0, 0.1) is 12.3 Å². The van der Waals surface area contributed by atoms with E-state index in [1.807, 2.05) is 36.7 Å². The molecule has 3 rings (SSSR count). The van der Waals surface area contributed by atoms with E-state index in [4.69, 9.17) is 0 Å². The Morgan fingerprint density at radius 2 is 2.08 bits per heavy atom. The third kappa shape index (κ3) is 3.19. The van der Waals surface area contributed by atoms with Crippen LogP contribution in [0.5, 0.6) is 0 Å². The van der Waals surface area contributed by atoms with Crippen LogP contribution in [0.1, 0.15) is 19.2 Å². The molecule has 8 nitrogen and oxygen atoms in total. The first kappa shape index (κ1) is 16.9. The van der Waals surface area contributed by atoms with Gasteiger partial charge in [-0.25, -0.2) is 4.79 Å². The van der Waals surface area contributed by atoms with Crippen LogP contribution in [0.25, 0.3) is 11.4 Å². The number of rotatable bonds is 3. The maximum atomic E-state index is 12.4. The molecular formula is C17H21N5O3. The molecule has 0 radical (unpaired) electrons. The minimum absolute atomic E-state index is 0.205. The van der Waals surface area contributed by atoms with E-state index in [2.05, 4.69) is 15.5 Å². The number of nitrogens with one attached hydrogen (secondary N) is 1. The van der Waals surface area contributed by atoms with Gasteiger partial charge in [0.2, 0.25) is 0 Å². The smallest absolute Gasteiger partial charge is 0.321 e. The summed E-state index contributed by atoms with van der Waals surface area (Å²) in [6.07, 6.45) is 0.452. The van der Waals surface area contributed by atoms with Crippen molar-refractivity contribution in [1.29, 1.82) is 0 Å². The maximum absolute atomic E-state index is 12.4. The Bertz CT molecular complexity index is 831. The van der Waals surface area contributed by atoms with Gasteiger partial charge in [0.15, 0.2) is 5.82 Å². The van der Waals surface area contributed by atoms with Gasteiger partial charge in [-0.05, 0) is 32.4 Å². The number of aryl methyl sites for hydroxylation is 1. The normalized spacial score (nSPS) is 19.9. The summed E-state index contributed by atoms with van der Waals surface area (Å²) in [5, 5.41) is 20.3. The minimum atomic E-state index is -0.880. The molecule has 2 amide bonds. The van der Waals surface area contributed by atoms with Crippen LogP contribution < -0.4 is 5.32 Å². The van der Waals surface area contributed by atoms with Gasteiger partial charge in [0.1, 0.15) is 5.82 Å². The average Bonchev–Trinajstić information content (AvgIpc) is 3.13. The Hall–Kier alpha value is -2.90. The summed E-state index contributed by atoms with van der Waals surface area (Å²) in [6, 6.07) is 7.05. The molecule has 132 valence electrons. The number of hydrogen-bond donors (Lipinski definition) is 2. The first-order valence-corrected chi connectivity index (χ1v) is 8.06. The number of carbonyl (C=O) groups is 2. The van der Waals surface area contributed by atoms with E-state index in [0.29, 0.717) is 24.5 Å². The van der Waals surface area contributed by atoms with Gasteiger partial charge in [0.25, 0.3) is 0 Å². The number of nitrogens with zero attached hydrogens (tertiary/aromatic N) is 4. The lowest BCUT2D eigenvalue weighted by atomic mass is 9.90. The Morgan fingerprint density at radius 3 is 2.68 bits per heavy atom. The molecule has 0 saturated carbocycles. The first-order chi connectivity index (χ1) is 11.8. The summed E-state index contributed by atoms with van der Waals surface area (Å²) in [4.78, 5) is 25.3. The first-order valence-electron chi connectivity index (χ1n) is 8.06. The van der Waals surface area contributed by atoms with Crippen molar-refractivity contribution in [3.63, 3.8) is 0 Å². The zero-order valence-electron chi connectivity index (χ0n) is 14.5. The van der Waals surface area contributed by atoms with Gasteiger partial charge in [-0.2, -0.15) is 0 Å². The van der Waals surface area contributed by atoms with E-state index in [-0.39, 0.29) is 12.6 Å². The number of carboxylic acid groups (broad SMARTS) is 1. The Morgan fingerprint density at radius 1 is 1.32 bits per heavy atom. The summed E-state index contributed by atoms with van der Waals surface area (Å²) in [5.41, 5.74) is 0.597. The molecule has 2 aromatic rings. The van der Waals surface area contributed by atoms with Gasteiger partial charge < -0.3 is 19.9 Å². The molecule has 1 aliphatic rings. The predicted molar refractivity (Wildman–Crippen MR) is 92.1 cm³/mol. The van der Waals surface area contributed by atoms with Gasteiger partial charge in [-0.15, -0.1) is 10.2 Å². The minimum Gasteiger partial charge on any atom is -0.481 e. The number of aliphatic carboxylic acids is 1. The molecule has 1 aromatic heterocycles. The highest BCUT2D eigenvalue weighted by Gasteiger charge is 2.42. The van der Waals surface area contributed by atoms with E-state index < -0.39 is 11.4 Å². The SMILES string of the molecule is Cc1nnc(-c2cccc(NC(=O)N3CCC(C)(C(=O)O)C3)c2)n1C.